The number of hydrazone groups is 1. The normalized spacial score (nSPS) is 20.2. The summed E-state index contributed by atoms with van der Waals surface area (Å²) in [4.78, 5) is 1.37. The number of benzene rings is 1. The van der Waals surface area contributed by atoms with Gasteiger partial charge in [0.25, 0.3) is 0 Å². The van der Waals surface area contributed by atoms with E-state index in [9.17, 15) is 0 Å². The van der Waals surface area contributed by atoms with Crippen molar-refractivity contribution in [3.05, 3.63) is 24.3 Å². The predicted molar refractivity (Wildman–Crippen MR) is 78.7 cm³/mol. The summed E-state index contributed by atoms with van der Waals surface area (Å²) in [5.74, 6) is 1.19. The van der Waals surface area contributed by atoms with E-state index in [-0.39, 0.29) is 0 Å². The van der Waals surface area contributed by atoms with Gasteiger partial charge in [-0.25, -0.2) is 0 Å². The van der Waals surface area contributed by atoms with E-state index in [0.29, 0.717) is 0 Å². The molecule has 1 aromatic rings. The largest absolute Gasteiger partial charge is 0.316 e. The van der Waals surface area contributed by atoms with Gasteiger partial charge in [-0.1, -0.05) is 12.1 Å². The lowest BCUT2D eigenvalue weighted by Gasteiger charge is -2.22. The van der Waals surface area contributed by atoms with Crippen molar-refractivity contribution in [2.75, 3.05) is 30.4 Å². The van der Waals surface area contributed by atoms with Crippen LogP contribution in [0.1, 0.15) is 19.3 Å². The molecule has 2 aliphatic rings. The lowest BCUT2D eigenvalue weighted by molar-refractivity contribution is 0.663. The molecule has 2 aliphatic heterocycles. The van der Waals surface area contributed by atoms with Gasteiger partial charge in [0.2, 0.25) is 0 Å². The minimum absolute atomic E-state index is 1.04. The van der Waals surface area contributed by atoms with Crippen LogP contribution in [0.25, 0.3) is 0 Å². The molecule has 18 heavy (non-hydrogen) atoms. The number of hydrogen-bond donors (Lipinski definition) is 1. The zero-order chi connectivity index (χ0) is 12.2. The first-order valence-corrected chi connectivity index (χ1v) is 7.68. The van der Waals surface area contributed by atoms with E-state index in [0.717, 1.165) is 32.5 Å². The number of hydrogen-bond acceptors (Lipinski definition) is 4. The monoisotopic (exact) mass is 261 g/mol. The van der Waals surface area contributed by atoms with Crippen molar-refractivity contribution in [2.24, 2.45) is 5.10 Å². The summed E-state index contributed by atoms with van der Waals surface area (Å²) in [5.41, 5.74) is 2.63. The molecule has 3 nitrogen and oxygen atoms in total. The minimum atomic E-state index is 1.04. The van der Waals surface area contributed by atoms with Crippen LogP contribution in [0, 0.1) is 0 Å². The lowest BCUT2D eigenvalue weighted by atomic mass is 10.1. The van der Waals surface area contributed by atoms with E-state index in [1.807, 2.05) is 11.8 Å². The molecule has 0 amide bonds. The Hall–Kier alpha value is -1.00. The molecule has 1 saturated heterocycles. The van der Waals surface area contributed by atoms with Gasteiger partial charge in [-0.05, 0) is 24.3 Å². The van der Waals surface area contributed by atoms with Gasteiger partial charge in [0.05, 0.1) is 5.69 Å². The van der Waals surface area contributed by atoms with Gasteiger partial charge in [-0.2, -0.15) is 5.10 Å². The molecule has 4 heteroatoms. The van der Waals surface area contributed by atoms with Gasteiger partial charge in [-0.15, -0.1) is 11.8 Å². The van der Waals surface area contributed by atoms with Gasteiger partial charge in [0, 0.05) is 43.1 Å². The quantitative estimate of drug-likeness (QED) is 0.842. The number of piperidine rings is 1. The predicted octanol–water partition coefficient (Wildman–Crippen LogP) is 2.73. The smallest absolute Gasteiger partial charge is 0.0729 e. The maximum atomic E-state index is 4.89. The SMILES string of the molecule is c1ccc2c(c1)SCCCN2N=C1CCNCC1. The summed E-state index contributed by atoms with van der Waals surface area (Å²) in [7, 11) is 0. The summed E-state index contributed by atoms with van der Waals surface area (Å²) in [6.07, 6.45) is 3.38. The molecule has 0 aromatic heterocycles. The molecule has 0 radical (unpaired) electrons. The Morgan fingerprint density at radius 2 is 2.00 bits per heavy atom. The lowest BCUT2D eigenvalue weighted by Crippen LogP contribution is -2.30. The maximum Gasteiger partial charge on any atom is 0.0729 e. The molecular weight excluding hydrogens is 242 g/mol. The molecule has 96 valence electrons. The highest BCUT2D eigenvalue weighted by Crippen LogP contribution is 2.33. The van der Waals surface area contributed by atoms with Crippen LogP contribution in [0.3, 0.4) is 0 Å². The van der Waals surface area contributed by atoms with Crippen LogP contribution in [0.15, 0.2) is 34.3 Å². The molecule has 3 rings (SSSR count). The molecule has 1 N–H and O–H groups in total. The molecular formula is C14H19N3S. The number of nitrogens with one attached hydrogen (secondary N) is 1. The van der Waals surface area contributed by atoms with Crippen LogP contribution < -0.4 is 10.3 Å². The fourth-order valence-corrected chi connectivity index (χ4v) is 3.39. The van der Waals surface area contributed by atoms with Crippen molar-refractivity contribution in [3.63, 3.8) is 0 Å². The number of rotatable bonds is 1. The van der Waals surface area contributed by atoms with E-state index >= 15 is 0 Å². The third-order valence-corrected chi connectivity index (χ3v) is 4.51. The van der Waals surface area contributed by atoms with E-state index < -0.39 is 0 Å². The van der Waals surface area contributed by atoms with Gasteiger partial charge in [0.15, 0.2) is 0 Å². The van der Waals surface area contributed by atoms with Crippen molar-refractivity contribution in [2.45, 2.75) is 24.2 Å². The summed E-state index contributed by atoms with van der Waals surface area (Å²) >= 11 is 1.95. The van der Waals surface area contributed by atoms with Crippen molar-refractivity contribution < 1.29 is 0 Å². The Morgan fingerprint density at radius 3 is 2.89 bits per heavy atom. The summed E-state index contributed by atoms with van der Waals surface area (Å²) < 4.78 is 0. The maximum absolute atomic E-state index is 4.89. The van der Waals surface area contributed by atoms with Crippen LogP contribution in [-0.2, 0) is 0 Å². The van der Waals surface area contributed by atoms with Crippen molar-refractivity contribution in [1.29, 1.82) is 0 Å². The average molecular weight is 261 g/mol. The second-order valence-electron chi connectivity index (χ2n) is 4.71. The Kier molecular flexibility index (Phi) is 3.86. The topological polar surface area (TPSA) is 27.6 Å². The van der Waals surface area contributed by atoms with Crippen molar-refractivity contribution in [1.82, 2.24) is 5.32 Å². The Labute approximate surface area is 113 Å². The van der Waals surface area contributed by atoms with Gasteiger partial charge in [-0.3, -0.25) is 5.01 Å². The minimum Gasteiger partial charge on any atom is -0.316 e. The second kappa shape index (κ2) is 5.76. The van der Waals surface area contributed by atoms with Crippen LogP contribution >= 0.6 is 11.8 Å². The van der Waals surface area contributed by atoms with Gasteiger partial charge < -0.3 is 5.32 Å². The highest BCUT2D eigenvalue weighted by atomic mass is 32.2. The molecule has 0 saturated carbocycles. The molecule has 0 bridgehead atoms. The number of thioether (sulfide) groups is 1. The van der Waals surface area contributed by atoms with Crippen molar-refractivity contribution in [3.8, 4) is 0 Å². The zero-order valence-electron chi connectivity index (χ0n) is 10.6. The molecule has 1 aromatic carbocycles. The number of anilines is 1. The molecule has 0 unspecified atom stereocenters. The first kappa shape index (κ1) is 12.1. The van der Waals surface area contributed by atoms with Crippen molar-refractivity contribution >= 4 is 23.2 Å². The van der Waals surface area contributed by atoms with Crippen LogP contribution in [0.4, 0.5) is 5.69 Å². The van der Waals surface area contributed by atoms with E-state index in [1.54, 1.807) is 0 Å². The zero-order valence-corrected chi connectivity index (χ0v) is 11.4. The van der Waals surface area contributed by atoms with E-state index in [2.05, 4.69) is 34.6 Å². The fourth-order valence-electron chi connectivity index (χ4n) is 2.40. The average Bonchev–Trinajstić information content (AvgIpc) is 2.63. The van der Waals surface area contributed by atoms with E-state index in [1.165, 1.54) is 28.5 Å². The standard InChI is InChI=1S/C14H19N3S/c1-2-5-14-13(4-1)17(10-3-11-18-14)16-12-6-8-15-9-7-12/h1-2,4-5,15H,3,6-11H2. The van der Waals surface area contributed by atoms with Gasteiger partial charge in [0.1, 0.15) is 0 Å². The molecule has 1 fully saturated rings. The fraction of sp³-hybridized carbons (Fsp3) is 0.500. The molecule has 0 spiro atoms. The van der Waals surface area contributed by atoms with E-state index in [4.69, 9.17) is 5.10 Å². The van der Waals surface area contributed by atoms with Crippen LogP contribution in [-0.4, -0.2) is 31.1 Å². The Morgan fingerprint density at radius 1 is 1.17 bits per heavy atom. The highest BCUT2D eigenvalue weighted by Gasteiger charge is 2.16. The molecule has 2 heterocycles. The number of fused-ring (bicyclic) bond motifs is 1. The summed E-state index contributed by atoms with van der Waals surface area (Å²) in [6.45, 7) is 3.19. The second-order valence-corrected chi connectivity index (χ2v) is 5.85. The molecule has 0 aliphatic carbocycles. The highest BCUT2D eigenvalue weighted by molar-refractivity contribution is 7.99. The first-order chi connectivity index (χ1) is 8.93. The number of para-hydroxylation sites is 1. The third-order valence-electron chi connectivity index (χ3n) is 3.36. The Bertz CT molecular complexity index is 436. The summed E-state index contributed by atoms with van der Waals surface area (Å²) in [6, 6.07) is 8.63. The van der Waals surface area contributed by atoms with Crippen LogP contribution in [0.5, 0.6) is 0 Å². The van der Waals surface area contributed by atoms with Gasteiger partial charge >= 0.3 is 0 Å². The van der Waals surface area contributed by atoms with Crippen LogP contribution in [0.2, 0.25) is 0 Å². The third kappa shape index (κ3) is 2.70. The summed E-state index contributed by atoms with van der Waals surface area (Å²) in [5, 5.41) is 10.5. The number of nitrogens with zero attached hydrogens (tertiary/aromatic N) is 2. The Balaban J connectivity index is 1.87. The first-order valence-electron chi connectivity index (χ1n) is 6.70. The molecule has 0 atom stereocenters.